The third kappa shape index (κ3) is 2.61. The molecule has 1 N–H and O–H groups in total. The minimum atomic E-state index is -3.15. The lowest BCUT2D eigenvalue weighted by atomic mass is 10.2. The Labute approximate surface area is 56.1 Å². The van der Waals surface area contributed by atoms with E-state index in [0.717, 1.165) is 0 Å². The lowest BCUT2D eigenvalue weighted by Gasteiger charge is -2.15. The molecule has 0 aromatic rings. The van der Waals surface area contributed by atoms with Crippen molar-refractivity contribution in [2.24, 2.45) is 5.11 Å². The van der Waals surface area contributed by atoms with Crippen molar-refractivity contribution < 1.29 is 13.9 Å². The zero-order valence-electron chi connectivity index (χ0n) is 5.33. The Morgan fingerprint density at radius 1 is 1.80 bits per heavy atom. The van der Waals surface area contributed by atoms with Crippen LogP contribution in [0.25, 0.3) is 10.4 Å². The molecule has 1 atom stereocenters. The third-order valence-electron chi connectivity index (χ3n) is 0.949. The van der Waals surface area contributed by atoms with Crippen LogP contribution in [0.5, 0.6) is 0 Å². The van der Waals surface area contributed by atoms with Crippen LogP contribution >= 0.6 is 0 Å². The van der Waals surface area contributed by atoms with E-state index in [1.54, 1.807) is 0 Å². The van der Waals surface area contributed by atoms with Gasteiger partial charge < -0.3 is 5.11 Å². The van der Waals surface area contributed by atoms with Gasteiger partial charge in [-0.25, -0.2) is 8.78 Å². The molecule has 10 heavy (non-hydrogen) atoms. The molecule has 0 aliphatic rings. The minimum Gasteiger partial charge on any atom is -0.396 e. The summed E-state index contributed by atoms with van der Waals surface area (Å²) in [4.78, 5) is 2.16. The molecule has 0 aromatic heterocycles. The topological polar surface area (TPSA) is 69.0 Å². The maximum atomic E-state index is 12.1. The van der Waals surface area contributed by atoms with Crippen molar-refractivity contribution in [1.29, 1.82) is 0 Å². The molecule has 1 unspecified atom stereocenters. The fourth-order valence-electron chi connectivity index (χ4n) is 0.361. The highest BCUT2D eigenvalue weighted by Crippen LogP contribution is 2.19. The van der Waals surface area contributed by atoms with Gasteiger partial charge in [0.25, 0.3) is 5.92 Å². The lowest BCUT2D eigenvalue weighted by molar-refractivity contribution is -0.0217. The molecule has 0 amide bonds. The number of rotatable bonds is 3. The average Bonchev–Trinajstić information content (AvgIpc) is 1.80. The van der Waals surface area contributed by atoms with Crippen LogP contribution < -0.4 is 0 Å². The standard InChI is InChI=1S/C4H7F2N3O/c1-4(5,6)3(2-10)8-9-7/h3,10H,2H2,1H3. The molecule has 0 saturated carbocycles. The maximum absolute atomic E-state index is 12.1. The fraction of sp³-hybridized carbons (Fsp3) is 1.00. The molecule has 0 fully saturated rings. The van der Waals surface area contributed by atoms with E-state index in [-0.39, 0.29) is 0 Å². The van der Waals surface area contributed by atoms with E-state index in [0.29, 0.717) is 6.92 Å². The number of hydrogen-bond donors (Lipinski definition) is 1. The highest BCUT2D eigenvalue weighted by atomic mass is 19.3. The highest BCUT2D eigenvalue weighted by molar-refractivity contribution is 4.78. The summed E-state index contributed by atoms with van der Waals surface area (Å²) in [6.07, 6.45) is 0. The van der Waals surface area contributed by atoms with Gasteiger partial charge in [-0.2, -0.15) is 0 Å². The second-order valence-electron chi connectivity index (χ2n) is 1.86. The SMILES string of the molecule is CC(F)(F)C(CO)N=[N+]=[N-]. The fourth-order valence-corrected chi connectivity index (χ4v) is 0.361. The zero-order valence-corrected chi connectivity index (χ0v) is 5.33. The van der Waals surface area contributed by atoms with Gasteiger partial charge in [-0.05, 0) is 12.5 Å². The van der Waals surface area contributed by atoms with E-state index < -0.39 is 18.6 Å². The van der Waals surface area contributed by atoms with Gasteiger partial charge in [0.15, 0.2) is 0 Å². The summed E-state index contributed by atoms with van der Waals surface area (Å²) < 4.78 is 24.3. The first kappa shape index (κ1) is 9.13. The summed E-state index contributed by atoms with van der Waals surface area (Å²) in [5.74, 6) is -3.15. The van der Waals surface area contributed by atoms with E-state index in [4.69, 9.17) is 10.6 Å². The molecular formula is C4H7F2N3O. The van der Waals surface area contributed by atoms with Crippen LogP contribution in [0.4, 0.5) is 8.78 Å². The number of halogens is 2. The number of nitrogens with zero attached hydrogens (tertiary/aromatic N) is 3. The first-order valence-electron chi connectivity index (χ1n) is 2.55. The van der Waals surface area contributed by atoms with E-state index in [1.807, 2.05) is 0 Å². The molecule has 0 aromatic carbocycles. The molecule has 6 heteroatoms. The number of aliphatic hydroxyl groups is 1. The van der Waals surface area contributed by atoms with E-state index >= 15 is 0 Å². The zero-order chi connectivity index (χ0) is 8.20. The van der Waals surface area contributed by atoms with Crippen LogP contribution in [-0.2, 0) is 0 Å². The number of hydrogen-bond acceptors (Lipinski definition) is 2. The average molecular weight is 151 g/mol. The maximum Gasteiger partial charge on any atom is 0.256 e. The first-order chi connectivity index (χ1) is 4.52. The summed E-state index contributed by atoms with van der Waals surface area (Å²) in [6, 6.07) is -1.66. The summed E-state index contributed by atoms with van der Waals surface area (Å²) >= 11 is 0. The van der Waals surface area contributed by atoms with Gasteiger partial charge in [0.2, 0.25) is 0 Å². The number of alkyl halides is 2. The van der Waals surface area contributed by atoms with Crippen molar-refractivity contribution >= 4 is 0 Å². The van der Waals surface area contributed by atoms with E-state index in [1.165, 1.54) is 0 Å². The van der Waals surface area contributed by atoms with Crippen LogP contribution in [0.2, 0.25) is 0 Å². The van der Waals surface area contributed by atoms with Crippen LogP contribution in [0.15, 0.2) is 5.11 Å². The Hall–Kier alpha value is -0.870. The smallest absolute Gasteiger partial charge is 0.256 e. The molecule has 0 rings (SSSR count). The number of aliphatic hydroxyl groups excluding tert-OH is 1. The Bertz CT molecular complexity index is 149. The van der Waals surface area contributed by atoms with Crippen molar-refractivity contribution in [3.05, 3.63) is 10.4 Å². The molecule has 0 heterocycles. The Morgan fingerprint density at radius 2 is 2.30 bits per heavy atom. The second-order valence-corrected chi connectivity index (χ2v) is 1.86. The largest absolute Gasteiger partial charge is 0.396 e. The van der Waals surface area contributed by atoms with Gasteiger partial charge in [0, 0.05) is 4.91 Å². The van der Waals surface area contributed by atoms with Crippen molar-refractivity contribution in [3.8, 4) is 0 Å². The number of azide groups is 1. The molecule has 4 nitrogen and oxygen atoms in total. The minimum absolute atomic E-state index is 0.586. The molecule has 0 radical (unpaired) electrons. The van der Waals surface area contributed by atoms with E-state index in [9.17, 15) is 8.78 Å². The Morgan fingerprint density at radius 3 is 2.40 bits per heavy atom. The molecule has 0 aliphatic heterocycles. The summed E-state index contributed by atoms with van der Waals surface area (Å²) in [7, 11) is 0. The molecular weight excluding hydrogens is 144 g/mol. The van der Waals surface area contributed by atoms with Crippen LogP contribution in [0.1, 0.15) is 6.92 Å². The molecule has 58 valence electrons. The predicted molar refractivity (Wildman–Crippen MR) is 30.6 cm³/mol. The van der Waals surface area contributed by atoms with Gasteiger partial charge in [-0.1, -0.05) is 5.11 Å². The molecule has 0 spiro atoms. The van der Waals surface area contributed by atoms with Gasteiger partial charge in [0.1, 0.15) is 6.04 Å². The monoisotopic (exact) mass is 151 g/mol. The Balaban J connectivity index is 4.20. The normalized spacial score (nSPS) is 14.0. The summed E-state index contributed by atoms with van der Waals surface area (Å²) in [5, 5.41) is 10.9. The van der Waals surface area contributed by atoms with Gasteiger partial charge in [0.05, 0.1) is 6.61 Å². The quantitative estimate of drug-likeness (QED) is 0.368. The van der Waals surface area contributed by atoms with E-state index in [2.05, 4.69) is 10.0 Å². The van der Waals surface area contributed by atoms with Gasteiger partial charge >= 0.3 is 0 Å². The predicted octanol–water partition coefficient (Wildman–Crippen LogP) is 1.31. The van der Waals surface area contributed by atoms with Crippen LogP contribution in [0.3, 0.4) is 0 Å². The highest BCUT2D eigenvalue weighted by Gasteiger charge is 2.32. The molecule has 0 bridgehead atoms. The summed E-state index contributed by atoms with van der Waals surface area (Å²) in [6.45, 7) is -0.254. The Kier molecular flexibility index (Phi) is 3.05. The first-order valence-corrected chi connectivity index (χ1v) is 2.55. The third-order valence-corrected chi connectivity index (χ3v) is 0.949. The van der Waals surface area contributed by atoms with Crippen LogP contribution in [0, 0.1) is 0 Å². The summed E-state index contributed by atoms with van der Waals surface area (Å²) in [5.41, 5.74) is 7.74. The van der Waals surface area contributed by atoms with Crippen molar-refractivity contribution in [3.63, 3.8) is 0 Å². The van der Waals surface area contributed by atoms with Crippen molar-refractivity contribution in [2.75, 3.05) is 6.61 Å². The lowest BCUT2D eigenvalue weighted by Crippen LogP contribution is -2.31. The molecule has 0 saturated heterocycles. The molecule has 0 aliphatic carbocycles. The van der Waals surface area contributed by atoms with Crippen LogP contribution in [-0.4, -0.2) is 23.7 Å². The van der Waals surface area contributed by atoms with Crippen molar-refractivity contribution in [2.45, 2.75) is 18.9 Å². The van der Waals surface area contributed by atoms with Gasteiger partial charge in [-0.15, -0.1) is 0 Å². The van der Waals surface area contributed by atoms with Crippen molar-refractivity contribution in [1.82, 2.24) is 0 Å². The second kappa shape index (κ2) is 3.34. The van der Waals surface area contributed by atoms with Gasteiger partial charge in [-0.3, -0.25) is 0 Å².